The van der Waals surface area contributed by atoms with Gasteiger partial charge >= 0.3 is 0 Å². The van der Waals surface area contributed by atoms with Crippen LogP contribution in [0.5, 0.6) is 0 Å². The van der Waals surface area contributed by atoms with E-state index in [1.54, 1.807) is 23.2 Å². The lowest BCUT2D eigenvalue weighted by atomic mass is 9.95. The largest absolute Gasteiger partial charge is 0.382 e. The lowest BCUT2D eigenvalue weighted by Crippen LogP contribution is -2.30. The molecule has 0 atom stereocenters. The number of thioether (sulfide) groups is 1. The number of carbonyl (C=O) groups excluding carboxylic acids is 1. The summed E-state index contributed by atoms with van der Waals surface area (Å²) in [6, 6.07) is 5.75. The number of nitrogens with one attached hydrogen (secondary N) is 1. The minimum absolute atomic E-state index is 0.169. The Morgan fingerprint density at radius 3 is 2.88 bits per heavy atom. The maximum absolute atomic E-state index is 13.3. The van der Waals surface area contributed by atoms with E-state index in [1.807, 2.05) is 19.1 Å². The summed E-state index contributed by atoms with van der Waals surface area (Å²) >= 11 is 6.67. The van der Waals surface area contributed by atoms with E-state index in [0.29, 0.717) is 52.4 Å². The Hall–Kier alpha value is -2.23. The lowest BCUT2D eigenvalue weighted by Gasteiger charge is -2.24. The number of amides is 1. The van der Waals surface area contributed by atoms with Gasteiger partial charge in [0.2, 0.25) is 0 Å². The van der Waals surface area contributed by atoms with E-state index in [9.17, 15) is 9.59 Å². The van der Waals surface area contributed by atoms with Gasteiger partial charge in [-0.05, 0) is 44.4 Å². The topological polar surface area (TPSA) is 75.9 Å². The van der Waals surface area contributed by atoms with Crippen molar-refractivity contribution in [3.8, 4) is 0 Å². The zero-order valence-corrected chi connectivity index (χ0v) is 19.8. The zero-order chi connectivity index (χ0) is 22.5. The van der Waals surface area contributed by atoms with Gasteiger partial charge < -0.3 is 10.1 Å². The molecule has 0 radical (unpaired) electrons. The molecule has 1 aliphatic carbocycles. The van der Waals surface area contributed by atoms with E-state index in [1.165, 1.54) is 35.4 Å². The van der Waals surface area contributed by atoms with Crippen LogP contribution in [0, 0.1) is 0 Å². The number of anilines is 1. The molecule has 170 valence electrons. The first-order valence-corrected chi connectivity index (χ1v) is 12.4. The van der Waals surface area contributed by atoms with Crippen LogP contribution in [0.2, 0.25) is 0 Å². The molecule has 1 N–H and O–H groups in total. The first-order valence-electron chi connectivity index (χ1n) is 11.2. The fourth-order valence-corrected chi connectivity index (χ4v) is 5.37. The number of aromatic nitrogens is 2. The van der Waals surface area contributed by atoms with Crippen molar-refractivity contribution in [1.29, 1.82) is 0 Å². The SMILES string of the molecule is CCOCCCN1C(=O)/C(=C\c2c(NC3CCCCC3)nc3ccccn3c2=O)SC1=S. The van der Waals surface area contributed by atoms with Crippen LogP contribution in [0.4, 0.5) is 5.82 Å². The number of nitrogens with zero attached hydrogens (tertiary/aromatic N) is 3. The summed E-state index contributed by atoms with van der Waals surface area (Å²) in [5, 5.41) is 3.49. The molecule has 2 fully saturated rings. The van der Waals surface area contributed by atoms with Gasteiger partial charge in [0.15, 0.2) is 0 Å². The summed E-state index contributed by atoms with van der Waals surface area (Å²) in [6.07, 6.45) is 9.74. The number of fused-ring (bicyclic) bond motifs is 1. The van der Waals surface area contributed by atoms with Crippen LogP contribution in [-0.4, -0.2) is 50.3 Å². The zero-order valence-electron chi connectivity index (χ0n) is 18.2. The second-order valence-corrected chi connectivity index (χ2v) is 9.65. The third-order valence-corrected chi connectivity index (χ3v) is 7.12. The van der Waals surface area contributed by atoms with Crippen LogP contribution < -0.4 is 10.9 Å². The van der Waals surface area contributed by atoms with Gasteiger partial charge in [0.05, 0.1) is 10.5 Å². The highest BCUT2D eigenvalue weighted by Crippen LogP contribution is 2.33. The number of carbonyl (C=O) groups is 1. The number of rotatable bonds is 8. The van der Waals surface area contributed by atoms with Gasteiger partial charge in [-0.3, -0.25) is 18.9 Å². The van der Waals surface area contributed by atoms with E-state index in [2.05, 4.69) is 5.32 Å². The summed E-state index contributed by atoms with van der Waals surface area (Å²) in [4.78, 5) is 33.1. The first kappa shape index (κ1) is 22.9. The highest BCUT2D eigenvalue weighted by Gasteiger charge is 2.32. The van der Waals surface area contributed by atoms with Crippen LogP contribution in [0.15, 0.2) is 34.1 Å². The normalized spacial score (nSPS) is 18.8. The standard InChI is InChI=1S/C23H28N4O3S2/c1-2-30-14-8-13-27-22(29)18(32-23(27)31)15-17-20(24-16-9-4-3-5-10-16)25-19-11-6-7-12-26(19)21(17)28/h6-7,11-12,15-16,24H,2-5,8-10,13-14H2,1H3/b18-15+. The van der Waals surface area contributed by atoms with E-state index in [-0.39, 0.29) is 17.5 Å². The second kappa shape index (κ2) is 10.6. The quantitative estimate of drug-likeness (QED) is 0.353. The number of hydrogen-bond acceptors (Lipinski definition) is 7. The van der Waals surface area contributed by atoms with Crippen molar-refractivity contribution in [3.63, 3.8) is 0 Å². The van der Waals surface area contributed by atoms with Gasteiger partial charge in [-0.15, -0.1) is 0 Å². The van der Waals surface area contributed by atoms with Crippen LogP contribution >= 0.6 is 24.0 Å². The molecule has 7 nitrogen and oxygen atoms in total. The van der Waals surface area contributed by atoms with Gasteiger partial charge in [-0.1, -0.05) is 49.3 Å². The van der Waals surface area contributed by atoms with Crippen LogP contribution in [0.3, 0.4) is 0 Å². The molecule has 1 aliphatic heterocycles. The van der Waals surface area contributed by atoms with Gasteiger partial charge in [-0.2, -0.15) is 0 Å². The predicted octanol–water partition coefficient (Wildman–Crippen LogP) is 4.07. The fraction of sp³-hybridized carbons (Fsp3) is 0.478. The maximum Gasteiger partial charge on any atom is 0.267 e. The molecule has 9 heteroatoms. The van der Waals surface area contributed by atoms with E-state index >= 15 is 0 Å². The average molecular weight is 473 g/mol. The third kappa shape index (κ3) is 5.05. The van der Waals surface area contributed by atoms with Crippen molar-refractivity contribution < 1.29 is 9.53 Å². The van der Waals surface area contributed by atoms with Crippen molar-refractivity contribution in [1.82, 2.24) is 14.3 Å². The molecule has 2 aromatic heterocycles. The lowest BCUT2D eigenvalue weighted by molar-refractivity contribution is -0.122. The molecule has 1 saturated heterocycles. The molecule has 32 heavy (non-hydrogen) atoms. The number of pyridine rings is 1. The van der Waals surface area contributed by atoms with Gasteiger partial charge in [0.25, 0.3) is 11.5 Å². The van der Waals surface area contributed by atoms with Crippen LogP contribution in [-0.2, 0) is 9.53 Å². The fourth-order valence-electron chi connectivity index (χ4n) is 4.08. The highest BCUT2D eigenvalue weighted by atomic mass is 32.2. The monoisotopic (exact) mass is 472 g/mol. The summed E-state index contributed by atoms with van der Waals surface area (Å²) in [5.41, 5.74) is 0.779. The molecule has 0 unspecified atom stereocenters. The molecular weight excluding hydrogens is 444 g/mol. The predicted molar refractivity (Wildman–Crippen MR) is 133 cm³/mol. The number of thiocarbonyl (C=S) groups is 1. The Labute approximate surface area is 197 Å². The molecular formula is C23H28N4O3S2. The van der Waals surface area contributed by atoms with Gasteiger partial charge in [0.1, 0.15) is 15.8 Å². The number of hydrogen-bond donors (Lipinski definition) is 1. The first-order chi connectivity index (χ1) is 15.6. The smallest absolute Gasteiger partial charge is 0.267 e. The summed E-state index contributed by atoms with van der Waals surface area (Å²) in [6.45, 7) is 3.67. The molecule has 0 spiro atoms. The second-order valence-electron chi connectivity index (χ2n) is 7.97. The number of ether oxygens (including phenoxy) is 1. The molecule has 1 saturated carbocycles. The Balaban J connectivity index is 1.66. The van der Waals surface area contributed by atoms with Crippen LogP contribution in [0.1, 0.15) is 51.0 Å². The van der Waals surface area contributed by atoms with Gasteiger partial charge in [-0.25, -0.2) is 4.98 Å². The Morgan fingerprint density at radius 2 is 2.09 bits per heavy atom. The molecule has 3 heterocycles. The highest BCUT2D eigenvalue weighted by molar-refractivity contribution is 8.26. The summed E-state index contributed by atoms with van der Waals surface area (Å²) in [5.74, 6) is 0.368. The minimum Gasteiger partial charge on any atom is -0.382 e. The Kier molecular flexibility index (Phi) is 7.59. The summed E-state index contributed by atoms with van der Waals surface area (Å²) in [7, 11) is 0. The average Bonchev–Trinajstić information content (AvgIpc) is 3.07. The summed E-state index contributed by atoms with van der Waals surface area (Å²) < 4.78 is 7.39. The maximum atomic E-state index is 13.3. The van der Waals surface area contributed by atoms with E-state index in [0.717, 1.165) is 12.8 Å². The van der Waals surface area contributed by atoms with Gasteiger partial charge in [0, 0.05) is 32.0 Å². The van der Waals surface area contributed by atoms with E-state index in [4.69, 9.17) is 21.9 Å². The van der Waals surface area contributed by atoms with E-state index < -0.39 is 0 Å². The Bertz CT molecular complexity index is 1090. The van der Waals surface area contributed by atoms with Crippen molar-refractivity contribution >= 4 is 51.7 Å². The molecule has 0 bridgehead atoms. The van der Waals surface area contributed by atoms with Crippen molar-refractivity contribution in [3.05, 3.63) is 45.2 Å². The third-order valence-electron chi connectivity index (χ3n) is 5.74. The minimum atomic E-state index is -0.199. The molecule has 4 rings (SSSR count). The molecule has 0 aromatic carbocycles. The van der Waals surface area contributed by atoms with Crippen molar-refractivity contribution in [2.45, 2.75) is 51.5 Å². The van der Waals surface area contributed by atoms with Crippen molar-refractivity contribution in [2.75, 3.05) is 25.1 Å². The van der Waals surface area contributed by atoms with Crippen molar-refractivity contribution in [2.24, 2.45) is 0 Å². The van der Waals surface area contributed by atoms with Crippen LogP contribution in [0.25, 0.3) is 11.7 Å². The molecule has 2 aliphatic rings. The molecule has 2 aromatic rings. The molecule has 1 amide bonds. The Morgan fingerprint density at radius 1 is 1.28 bits per heavy atom.